The first-order valence-corrected chi connectivity index (χ1v) is 8.39. The van der Waals surface area contributed by atoms with E-state index in [0.717, 1.165) is 31.2 Å². The third kappa shape index (κ3) is 3.78. The Morgan fingerprint density at radius 1 is 1.16 bits per heavy atom. The van der Waals surface area contributed by atoms with Crippen molar-refractivity contribution in [2.75, 3.05) is 13.2 Å². The molecule has 5 heteroatoms. The van der Waals surface area contributed by atoms with Gasteiger partial charge in [-0.05, 0) is 18.4 Å². The van der Waals surface area contributed by atoms with Crippen LogP contribution in [0.4, 0.5) is 0 Å². The van der Waals surface area contributed by atoms with Gasteiger partial charge in [-0.25, -0.2) is 8.42 Å². The quantitative estimate of drug-likeness (QED) is 0.865. The van der Waals surface area contributed by atoms with Crippen molar-refractivity contribution in [2.24, 2.45) is 0 Å². The SMILES string of the molecule is O=S(=O)(Cc1ccccc1)N(CCO)C1CCCC1. The third-order valence-corrected chi connectivity index (χ3v) is 5.49. The van der Waals surface area contributed by atoms with E-state index in [9.17, 15) is 8.42 Å². The standard InChI is InChI=1S/C14H21NO3S/c16-11-10-15(14-8-4-5-9-14)19(17,18)12-13-6-2-1-3-7-13/h1-3,6-7,14,16H,4-5,8-12H2. The number of rotatable bonds is 6. The number of aliphatic hydroxyl groups excluding tert-OH is 1. The first-order valence-electron chi connectivity index (χ1n) is 6.78. The molecule has 0 bridgehead atoms. The van der Waals surface area contributed by atoms with E-state index in [1.165, 1.54) is 4.31 Å². The molecular weight excluding hydrogens is 262 g/mol. The van der Waals surface area contributed by atoms with Crippen LogP contribution >= 0.6 is 0 Å². The Morgan fingerprint density at radius 2 is 1.79 bits per heavy atom. The number of sulfonamides is 1. The van der Waals surface area contributed by atoms with Gasteiger partial charge in [0.1, 0.15) is 0 Å². The van der Waals surface area contributed by atoms with Gasteiger partial charge >= 0.3 is 0 Å². The summed E-state index contributed by atoms with van der Waals surface area (Å²) in [7, 11) is -3.35. The van der Waals surface area contributed by atoms with Crippen LogP contribution in [0.5, 0.6) is 0 Å². The van der Waals surface area contributed by atoms with Crippen molar-refractivity contribution in [3.05, 3.63) is 35.9 Å². The summed E-state index contributed by atoms with van der Waals surface area (Å²) < 4.78 is 26.5. The summed E-state index contributed by atoms with van der Waals surface area (Å²) in [6.07, 6.45) is 3.98. The van der Waals surface area contributed by atoms with Crippen molar-refractivity contribution in [3.63, 3.8) is 0 Å². The lowest BCUT2D eigenvalue weighted by Gasteiger charge is -2.27. The summed E-state index contributed by atoms with van der Waals surface area (Å²) in [6.45, 7) is 0.0877. The maximum Gasteiger partial charge on any atom is 0.218 e. The highest BCUT2D eigenvalue weighted by Gasteiger charge is 2.31. The number of aliphatic hydroxyl groups is 1. The lowest BCUT2D eigenvalue weighted by atomic mass is 10.2. The van der Waals surface area contributed by atoms with Crippen LogP contribution < -0.4 is 0 Å². The molecule has 1 saturated carbocycles. The number of hydrogen-bond donors (Lipinski definition) is 1. The molecule has 1 aromatic carbocycles. The Balaban J connectivity index is 2.14. The summed E-state index contributed by atoms with van der Waals surface area (Å²) in [5, 5.41) is 9.12. The van der Waals surface area contributed by atoms with E-state index >= 15 is 0 Å². The van der Waals surface area contributed by atoms with Gasteiger partial charge in [0.25, 0.3) is 0 Å². The van der Waals surface area contributed by atoms with Gasteiger partial charge in [-0.1, -0.05) is 43.2 Å². The molecule has 1 aromatic rings. The van der Waals surface area contributed by atoms with E-state index in [0.29, 0.717) is 0 Å². The molecule has 1 fully saturated rings. The summed E-state index contributed by atoms with van der Waals surface area (Å²) in [6, 6.07) is 9.28. The lowest BCUT2D eigenvalue weighted by molar-refractivity contribution is 0.226. The molecule has 0 spiro atoms. The third-order valence-electron chi connectivity index (χ3n) is 3.60. The highest BCUT2D eigenvalue weighted by Crippen LogP contribution is 2.26. The average Bonchev–Trinajstić information content (AvgIpc) is 2.90. The summed E-state index contributed by atoms with van der Waals surface area (Å²) >= 11 is 0. The van der Waals surface area contributed by atoms with Crippen molar-refractivity contribution in [2.45, 2.75) is 37.5 Å². The second kappa shape index (κ2) is 6.50. The Morgan fingerprint density at radius 3 is 2.37 bits per heavy atom. The van der Waals surface area contributed by atoms with Gasteiger partial charge in [-0.2, -0.15) is 4.31 Å². The smallest absolute Gasteiger partial charge is 0.218 e. The molecule has 0 atom stereocenters. The molecule has 4 nitrogen and oxygen atoms in total. The molecule has 1 aliphatic rings. The zero-order valence-electron chi connectivity index (χ0n) is 11.0. The number of nitrogens with zero attached hydrogens (tertiary/aromatic N) is 1. The Hall–Kier alpha value is -0.910. The molecule has 0 saturated heterocycles. The Bertz CT molecular complexity index is 481. The molecule has 0 aliphatic heterocycles. The van der Waals surface area contributed by atoms with Crippen LogP contribution in [-0.2, 0) is 15.8 Å². The maximum absolute atomic E-state index is 12.5. The fourth-order valence-corrected chi connectivity index (χ4v) is 4.51. The van der Waals surface area contributed by atoms with E-state index in [2.05, 4.69) is 0 Å². The predicted octanol–water partition coefficient (Wildman–Crippen LogP) is 1.75. The van der Waals surface area contributed by atoms with E-state index in [4.69, 9.17) is 5.11 Å². The van der Waals surface area contributed by atoms with Crippen molar-refractivity contribution >= 4 is 10.0 Å². The van der Waals surface area contributed by atoms with Crippen LogP contribution in [0.3, 0.4) is 0 Å². The molecular formula is C14H21NO3S. The van der Waals surface area contributed by atoms with Gasteiger partial charge in [-0.15, -0.1) is 0 Å². The average molecular weight is 283 g/mol. The summed E-state index contributed by atoms with van der Waals surface area (Å²) in [5.74, 6) is 0.0182. The molecule has 106 valence electrons. The molecule has 1 aliphatic carbocycles. The largest absolute Gasteiger partial charge is 0.395 e. The lowest BCUT2D eigenvalue weighted by Crippen LogP contribution is -2.41. The second-order valence-electron chi connectivity index (χ2n) is 5.01. The van der Waals surface area contributed by atoms with Gasteiger partial charge in [-0.3, -0.25) is 0 Å². The number of benzene rings is 1. The highest BCUT2D eigenvalue weighted by atomic mass is 32.2. The first kappa shape index (κ1) is 14.5. The van der Waals surface area contributed by atoms with Gasteiger partial charge in [0.05, 0.1) is 12.4 Å². The molecule has 19 heavy (non-hydrogen) atoms. The van der Waals surface area contributed by atoms with Crippen molar-refractivity contribution in [1.29, 1.82) is 0 Å². The van der Waals surface area contributed by atoms with E-state index < -0.39 is 10.0 Å². The monoisotopic (exact) mass is 283 g/mol. The maximum atomic E-state index is 12.5. The molecule has 2 rings (SSSR count). The van der Waals surface area contributed by atoms with Crippen LogP contribution in [0.25, 0.3) is 0 Å². The Kier molecular flexibility index (Phi) is 4.96. The zero-order valence-corrected chi connectivity index (χ0v) is 11.8. The summed E-state index contributed by atoms with van der Waals surface area (Å²) in [4.78, 5) is 0. The van der Waals surface area contributed by atoms with Crippen molar-refractivity contribution in [3.8, 4) is 0 Å². The molecule has 1 N–H and O–H groups in total. The highest BCUT2D eigenvalue weighted by molar-refractivity contribution is 7.88. The van der Waals surface area contributed by atoms with Gasteiger partial charge in [0, 0.05) is 12.6 Å². The van der Waals surface area contributed by atoms with Crippen LogP contribution in [0.2, 0.25) is 0 Å². The van der Waals surface area contributed by atoms with E-state index in [1.54, 1.807) is 0 Å². The normalized spacial score (nSPS) is 17.2. The van der Waals surface area contributed by atoms with Gasteiger partial charge < -0.3 is 5.11 Å². The number of hydrogen-bond acceptors (Lipinski definition) is 3. The first-order chi connectivity index (χ1) is 9.13. The van der Waals surface area contributed by atoms with Crippen molar-refractivity contribution < 1.29 is 13.5 Å². The zero-order chi connectivity index (χ0) is 13.7. The van der Waals surface area contributed by atoms with Crippen LogP contribution in [0.1, 0.15) is 31.2 Å². The minimum atomic E-state index is -3.35. The minimum absolute atomic E-state index is 0.0182. The van der Waals surface area contributed by atoms with Crippen LogP contribution in [-0.4, -0.2) is 37.0 Å². The molecule has 0 amide bonds. The van der Waals surface area contributed by atoms with Gasteiger partial charge in [0.2, 0.25) is 10.0 Å². The van der Waals surface area contributed by atoms with E-state index in [1.807, 2.05) is 30.3 Å². The van der Waals surface area contributed by atoms with E-state index in [-0.39, 0.29) is 24.9 Å². The fraction of sp³-hybridized carbons (Fsp3) is 0.571. The molecule has 0 unspecified atom stereocenters. The molecule has 0 aromatic heterocycles. The fourth-order valence-electron chi connectivity index (χ4n) is 2.71. The summed E-state index contributed by atoms with van der Waals surface area (Å²) in [5.41, 5.74) is 0.795. The topological polar surface area (TPSA) is 57.6 Å². The van der Waals surface area contributed by atoms with Gasteiger partial charge in [0.15, 0.2) is 0 Å². The van der Waals surface area contributed by atoms with Crippen LogP contribution in [0, 0.1) is 0 Å². The second-order valence-corrected chi connectivity index (χ2v) is 6.94. The minimum Gasteiger partial charge on any atom is -0.395 e. The molecule has 0 radical (unpaired) electrons. The predicted molar refractivity (Wildman–Crippen MR) is 75.1 cm³/mol. The molecule has 0 heterocycles. The van der Waals surface area contributed by atoms with Crippen LogP contribution in [0.15, 0.2) is 30.3 Å². The Labute approximate surface area is 115 Å². The van der Waals surface area contributed by atoms with Crippen molar-refractivity contribution in [1.82, 2.24) is 4.31 Å².